The van der Waals surface area contributed by atoms with Crippen molar-refractivity contribution in [3.63, 3.8) is 0 Å². The van der Waals surface area contributed by atoms with Crippen LogP contribution in [0.25, 0.3) is 11.0 Å². The van der Waals surface area contributed by atoms with E-state index < -0.39 is 0 Å². The smallest absolute Gasteiger partial charge is 0.227 e. The average molecular weight is 268 g/mol. The van der Waals surface area contributed by atoms with Gasteiger partial charge in [-0.3, -0.25) is 10.1 Å². The number of nitrogens with one attached hydrogen (secondary N) is 2. The first-order chi connectivity index (χ1) is 7.29. The van der Waals surface area contributed by atoms with Crippen LogP contribution in [0.5, 0.6) is 0 Å². The minimum Gasteiger partial charge on any atom is -0.324 e. The van der Waals surface area contributed by atoms with E-state index in [9.17, 15) is 4.79 Å². The highest BCUT2D eigenvalue weighted by Crippen LogP contribution is 2.13. The van der Waals surface area contributed by atoms with Crippen LogP contribution in [-0.4, -0.2) is 21.2 Å². The summed E-state index contributed by atoms with van der Waals surface area (Å²) in [6.45, 7) is 0. The van der Waals surface area contributed by atoms with Crippen molar-refractivity contribution in [2.24, 2.45) is 0 Å². The van der Waals surface area contributed by atoms with Gasteiger partial charge in [-0.2, -0.15) is 0 Å². The zero-order chi connectivity index (χ0) is 10.7. The highest BCUT2D eigenvalue weighted by molar-refractivity contribution is 9.09. The Labute approximate surface area is 95.2 Å². The van der Waals surface area contributed by atoms with E-state index in [-0.39, 0.29) is 5.91 Å². The van der Waals surface area contributed by atoms with E-state index in [0.717, 1.165) is 11.0 Å². The zero-order valence-electron chi connectivity index (χ0n) is 7.96. The van der Waals surface area contributed by atoms with E-state index >= 15 is 0 Å². The van der Waals surface area contributed by atoms with Crippen LogP contribution in [0.15, 0.2) is 24.3 Å². The molecule has 0 saturated heterocycles. The van der Waals surface area contributed by atoms with Crippen molar-refractivity contribution in [3.8, 4) is 0 Å². The van der Waals surface area contributed by atoms with Gasteiger partial charge in [-0.05, 0) is 12.1 Å². The molecule has 0 unspecified atom stereocenters. The number of fused-ring (bicyclic) bond motifs is 1. The molecule has 1 aromatic carbocycles. The van der Waals surface area contributed by atoms with Crippen molar-refractivity contribution < 1.29 is 4.79 Å². The fourth-order valence-electron chi connectivity index (χ4n) is 1.29. The number of H-pyrrole nitrogens is 1. The fourth-order valence-corrected chi connectivity index (χ4v) is 1.65. The molecule has 0 atom stereocenters. The molecule has 78 valence electrons. The summed E-state index contributed by atoms with van der Waals surface area (Å²) in [7, 11) is 0. The molecule has 1 heterocycles. The molecule has 5 heteroatoms. The van der Waals surface area contributed by atoms with Crippen LogP contribution < -0.4 is 5.32 Å². The van der Waals surface area contributed by atoms with Crippen LogP contribution in [0.4, 0.5) is 5.95 Å². The number of imidazole rings is 1. The summed E-state index contributed by atoms with van der Waals surface area (Å²) in [5.74, 6) is 0.452. The van der Waals surface area contributed by atoms with Gasteiger partial charge in [0.05, 0.1) is 11.0 Å². The zero-order valence-corrected chi connectivity index (χ0v) is 9.54. The van der Waals surface area contributed by atoms with Crippen LogP contribution in [-0.2, 0) is 4.79 Å². The van der Waals surface area contributed by atoms with Gasteiger partial charge in [0.2, 0.25) is 11.9 Å². The average Bonchev–Trinajstić information content (AvgIpc) is 2.59. The van der Waals surface area contributed by atoms with Crippen molar-refractivity contribution in [2.75, 3.05) is 10.6 Å². The summed E-state index contributed by atoms with van der Waals surface area (Å²) in [4.78, 5) is 18.5. The molecular formula is C10H10BrN3O. The summed E-state index contributed by atoms with van der Waals surface area (Å²) in [6.07, 6.45) is 0.442. The number of rotatable bonds is 3. The Morgan fingerprint density at radius 2 is 2.27 bits per heavy atom. The number of aromatic nitrogens is 2. The topological polar surface area (TPSA) is 57.8 Å². The number of carbonyl (C=O) groups excluding carboxylic acids is 1. The van der Waals surface area contributed by atoms with E-state index in [2.05, 4.69) is 31.2 Å². The Morgan fingerprint density at radius 3 is 3.00 bits per heavy atom. The molecule has 0 aliphatic rings. The van der Waals surface area contributed by atoms with Crippen LogP contribution in [0.2, 0.25) is 0 Å². The number of amides is 1. The van der Waals surface area contributed by atoms with Gasteiger partial charge in [-0.25, -0.2) is 4.98 Å². The number of halogens is 1. The highest BCUT2D eigenvalue weighted by Gasteiger charge is 2.05. The van der Waals surface area contributed by atoms with Crippen molar-refractivity contribution in [3.05, 3.63) is 24.3 Å². The number of alkyl halides is 1. The van der Waals surface area contributed by atoms with E-state index in [4.69, 9.17) is 0 Å². The van der Waals surface area contributed by atoms with Gasteiger partial charge in [-0.1, -0.05) is 28.1 Å². The molecule has 0 spiro atoms. The maximum atomic E-state index is 11.3. The van der Waals surface area contributed by atoms with Gasteiger partial charge >= 0.3 is 0 Å². The Bertz CT molecular complexity index is 447. The Hall–Kier alpha value is -1.36. The van der Waals surface area contributed by atoms with Crippen molar-refractivity contribution >= 4 is 38.8 Å². The number of nitrogens with zero attached hydrogens (tertiary/aromatic N) is 1. The third-order valence-corrected chi connectivity index (χ3v) is 2.37. The van der Waals surface area contributed by atoms with E-state index in [0.29, 0.717) is 17.7 Å². The largest absolute Gasteiger partial charge is 0.324 e. The second-order valence-electron chi connectivity index (χ2n) is 3.09. The Morgan fingerprint density at radius 1 is 1.47 bits per heavy atom. The second-order valence-corrected chi connectivity index (χ2v) is 3.88. The summed E-state index contributed by atoms with van der Waals surface area (Å²) < 4.78 is 0. The molecule has 0 fully saturated rings. The number of hydrogen-bond donors (Lipinski definition) is 2. The first-order valence-corrected chi connectivity index (χ1v) is 5.72. The van der Waals surface area contributed by atoms with Crippen molar-refractivity contribution in [1.29, 1.82) is 0 Å². The first kappa shape index (κ1) is 10.2. The van der Waals surface area contributed by atoms with Gasteiger partial charge in [-0.15, -0.1) is 0 Å². The summed E-state index contributed by atoms with van der Waals surface area (Å²) >= 11 is 3.21. The minimum absolute atomic E-state index is 0.0501. The van der Waals surface area contributed by atoms with E-state index in [1.54, 1.807) is 0 Å². The number of hydrogen-bond acceptors (Lipinski definition) is 2. The molecule has 1 amide bonds. The van der Waals surface area contributed by atoms with Crippen LogP contribution >= 0.6 is 15.9 Å². The van der Waals surface area contributed by atoms with Gasteiger partial charge in [0, 0.05) is 11.8 Å². The lowest BCUT2D eigenvalue weighted by molar-refractivity contribution is -0.115. The molecule has 1 aromatic heterocycles. The van der Waals surface area contributed by atoms with E-state index in [1.807, 2.05) is 24.3 Å². The molecule has 0 bridgehead atoms. The van der Waals surface area contributed by atoms with Crippen LogP contribution in [0.3, 0.4) is 0 Å². The molecule has 15 heavy (non-hydrogen) atoms. The fraction of sp³-hybridized carbons (Fsp3) is 0.200. The standard InChI is InChI=1S/C10H10BrN3O/c11-6-5-9(15)14-10-12-7-3-1-2-4-8(7)13-10/h1-4H,5-6H2,(H2,12,13,14,15). The number of aromatic amines is 1. The number of benzene rings is 1. The first-order valence-electron chi connectivity index (χ1n) is 4.60. The third-order valence-electron chi connectivity index (χ3n) is 1.97. The van der Waals surface area contributed by atoms with Gasteiger partial charge in [0.15, 0.2) is 0 Å². The van der Waals surface area contributed by atoms with Crippen molar-refractivity contribution in [1.82, 2.24) is 9.97 Å². The summed E-state index contributed by atoms with van der Waals surface area (Å²) in [6, 6.07) is 7.65. The van der Waals surface area contributed by atoms with Gasteiger partial charge in [0.1, 0.15) is 0 Å². The lowest BCUT2D eigenvalue weighted by Crippen LogP contribution is -2.12. The predicted molar refractivity (Wildman–Crippen MR) is 63.1 cm³/mol. The van der Waals surface area contributed by atoms with Gasteiger partial charge < -0.3 is 4.98 Å². The van der Waals surface area contributed by atoms with E-state index in [1.165, 1.54) is 0 Å². The lowest BCUT2D eigenvalue weighted by atomic mass is 10.3. The maximum Gasteiger partial charge on any atom is 0.227 e. The molecule has 4 nitrogen and oxygen atoms in total. The molecule has 0 saturated carbocycles. The third kappa shape index (κ3) is 2.36. The minimum atomic E-state index is -0.0501. The Kier molecular flexibility index (Phi) is 3.01. The summed E-state index contributed by atoms with van der Waals surface area (Å²) in [5.41, 5.74) is 1.78. The molecule has 2 N–H and O–H groups in total. The number of anilines is 1. The molecular weight excluding hydrogens is 258 g/mol. The van der Waals surface area contributed by atoms with Crippen LogP contribution in [0, 0.1) is 0 Å². The number of para-hydroxylation sites is 2. The predicted octanol–water partition coefficient (Wildman–Crippen LogP) is 2.29. The summed E-state index contributed by atoms with van der Waals surface area (Å²) in [5, 5.41) is 3.35. The maximum absolute atomic E-state index is 11.3. The molecule has 0 radical (unpaired) electrons. The Balaban J connectivity index is 2.18. The van der Waals surface area contributed by atoms with Crippen molar-refractivity contribution in [2.45, 2.75) is 6.42 Å². The molecule has 2 rings (SSSR count). The molecule has 0 aliphatic carbocycles. The molecule has 2 aromatic rings. The SMILES string of the molecule is O=C(CCBr)Nc1nc2ccccc2[nH]1. The number of carbonyl (C=O) groups is 1. The monoisotopic (exact) mass is 267 g/mol. The molecule has 0 aliphatic heterocycles. The second kappa shape index (κ2) is 4.44. The van der Waals surface area contributed by atoms with Gasteiger partial charge in [0.25, 0.3) is 0 Å². The highest BCUT2D eigenvalue weighted by atomic mass is 79.9. The lowest BCUT2D eigenvalue weighted by Gasteiger charge is -1.97. The van der Waals surface area contributed by atoms with Crippen LogP contribution in [0.1, 0.15) is 6.42 Å². The normalized spacial score (nSPS) is 10.5. The quantitative estimate of drug-likeness (QED) is 0.839.